The molecule has 0 saturated carbocycles. The molecule has 1 N–H and O–H groups in total. The van der Waals surface area contributed by atoms with Crippen LogP contribution in [0.5, 0.6) is 11.5 Å². The molecule has 3 rings (SSSR count). The number of fused-ring (bicyclic) bond motifs is 1. The molecular formula is C21H24N2O2. The number of hydrogen-bond donors (Lipinski definition) is 1. The van der Waals surface area contributed by atoms with Gasteiger partial charge in [0, 0.05) is 42.2 Å². The maximum atomic E-state index is 9.57. The van der Waals surface area contributed by atoms with Crippen LogP contribution in [0.3, 0.4) is 0 Å². The van der Waals surface area contributed by atoms with Crippen molar-refractivity contribution in [3.05, 3.63) is 53.6 Å². The normalized spacial score (nSPS) is 15.9. The molecule has 0 atom stereocenters. The quantitative estimate of drug-likeness (QED) is 0.820. The molecule has 2 aromatic carbocycles. The van der Waals surface area contributed by atoms with E-state index >= 15 is 0 Å². The predicted molar refractivity (Wildman–Crippen MR) is 104 cm³/mol. The molecule has 0 aliphatic carbocycles. The van der Waals surface area contributed by atoms with Gasteiger partial charge in [-0.1, -0.05) is 12.1 Å². The highest BCUT2D eigenvalue weighted by atomic mass is 16.5. The van der Waals surface area contributed by atoms with Crippen molar-refractivity contribution in [1.29, 1.82) is 0 Å². The van der Waals surface area contributed by atoms with Gasteiger partial charge in [-0.15, -0.1) is 0 Å². The van der Waals surface area contributed by atoms with Crippen molar-refractivity contribution < 1.29 is 9.84 Å². The standard InChI is InChI=1S/C21H24N2O2/c1-14-12-21(2,3)23(4)19-11-20(25-5)15(9-18(14)19)13-22-16-7-6-8-17(24)10-16/h6-13,24H,1-5H3. The van der Waals surface area contributed by atoms with Crippen molar-refractivity contribution in [3.8, 4) is 11.5 Å². The Hall–Kier alpha value is -2.75. The van der Waals surface area contributed by atoms with Crippen molar-refractivity contribution in [1.82, 2.24) is 0 Å². The number of aromatic hydroxyl groups is 1. The minimum absolute atomic E-state index is 0.0424. The molecule has 0 bridgehead atoms. The van der Waals surface area contributed by atoms with E-state index in [0.717, 1.165) is 17.0 Å². The third kappa shape index (κ3) is 3.25. The molecule has 1 heterocycles. The highest BCUT2D eigenvalue weighted by Crippen LogP contribution is 2.41. The molecule has 4 nitrogen and oxygen atoms in total. The van der Waals surface area contributed by atoms with Gasteiger partial charge in [-0.25, -0.2) is 0 Å². The molecule has 4 heteroatoms. The van der Waals surface area contributed by atoms with Crippen LogP contribution in [0.2, 0.25) is 0 Å². The predicted octanol–water partition coefficient (Wildman–Crippen LogP) is 4.78. The van der Waals surface area contributed by atoms with Crippen molar-refractivity contribution in [2.75, 3.05) is 19.1 Å². The number of anilines is 1. The summed E-state index contributed by atoms with van der Waals surface area (Å²) < 4.78 is 5.59. The van der Waals surface area contributed by atoms with Crippen LogP contribution in [0, 0.1) is 0 Å². The summed E-state index contributed by atoms with van der Waals surface area (Å²) >= 11 is 0. The van der Waals surface area contributed by atoms with E-state index in [4.69, 9.17) is 4.74 Å². The Bertz CT molecular complexity index is 866. The maximum absolute atomic E-state index is 9.57. The molecule has 0 radical (unpaired) electrons. The van der Waals surface area contributed by atoms with Crippen LogP contribution in [0.4, 0.5) is 11.4 Å². The number of hydrogen-bond acceptors (Lipinski definition) is 4. The monoisotopic (exact) mass is 336 g/mol. The SMILES string of the molecule is COc1cc2c(cc1C=Nc1cccc(O)c1)C(C)=CC(C)(C)N2C. The fourth-order valence-electron chi connectivity index (χ4n) is 3.19. The van der Waals surface area contributed by atoms with Gasteiger partial charge in [-0.3, -0.25) is 4.99 Å². The molecule has 25 heavy (non-hydrogen) atoms. The van der Waals surface area contributed by atoms with Crippen LogP contribution in [0.1, 0.15) is 31.9 Å². The largest absolute Gasteiger partial charge is 0.508 e. The van der Waals surface area contributed by atoms with Crippen molar-refractivity contribution in [2.24, 2.45) is 4.99 Å². The van der Waals surface area contributed by atoms with Crippen LogP contribution >= 0.6 is 0 Å². The first-order valence-corrected chi connectivity index (χ1v) is 8.30. The smallest absolute Gasteiger partial charge is 0.129 e. The topological polar surface area (TPSA) is 45.1 Å². The van der Waals surface area contributed by atoms with Gasteiger partial charge in [0.15, 0.2) is 0 Å². The van der Waals surface area contributed by atoms with E-state index in [1.54, 1.807) is 31.5 Å². The molecule has 1 aliphatic rings. The Kier molecular flexibility index (Phi) is 4.29. The number of methoxy groups -OCH3 is 1. The zero-order valence-electron chi connectivity index (χ0n) is 15.4. The first-order chi connectivity index (χ1) is 11.8. The third-order valence-corrected chi connectivity index (χ3v) is 4.75. The zero-order valence-corrected chi connectivity index (χ0v) is 15.4. The summed E-state index contributed by atoms with van der Waals surface area (Å²) in [6.07, 6.45) is 4.05. The number of likely N-dealkylation sites (N-methyl/N-ethyl adjacent to an activating group) is 1. The molecule has 0 spiro atoms. The number of phenols is 1. The molecule has 0 saturated heterocycles. The van der Waals surface area contributed by atoms with Gasteiger partial charge >= 0.3 is 0 Å². The second-order valence-corrected chi connectivity index (χ2v) is 6.93. The van der Waals surface area contributed by atoms with Crippen LogP contribution in [-0.4, -0.2) is 31.0 Å². The van der Waals surface area contributed by atoms with E-state index in [0.29, 0.717) is 5.69 Å². The molecule has 0 unspecified atom stereocenters. The lowest BCUT2D eigenvalue weighted by Gasteiger charge is -2.40. The Balaban J connectivity index is 2.06. The zero-order chi connectivity index (χ0) is 18.2. The van der Waals surface area contributed by atoms with Crippen LogP contribution in [-0.2, 0) is 0 Å². The third-order valence-electron chi connectivity index (χ3n) is 4.75. The molecule has 1 aliphatic heterocycles. The number of nitrogens with zero attached hydrogens (tertiary/aromatic N) is 2. The molecule has 2 aromatic rings. The van der Waals surface area contributed by atoms with E-state index in [2.05, 4.69) is 55.9 Å². The lowest BCUT2D eigenvalue weighted by atomic mass is 9.88. The van der Waals surface area contributed by atoms with Gasteiger partial charge in [-0.05, 0) is 44.5 Å². The lowest BCUT2D eigenvalue weighted by Crippen LogP contribution is -2.42. The fourth-order valence-corrected chi connectivity index (χ4v) is 3.19. The molecule has 130 valence electrons. The van der Waals surface area contributed by atoms with Gasteiger partial charge in [-0.2, -0.15) is 0 Å². The number of allylic oxidation sites excluding steroid dienone is 1. The maximum Gasteiger partial charge on any atom is 0.129 e. The van der Waals surface area contributed by atoms with Crippen LogP contribution in [0.25, 0.3) is 5.57 Å². The summed E-state index contributed by atoms with van der Waals surface area (Å²) in [5, 5.41) is 9.57. The second-order valence-electron chi connectivity index (χ2n) is 6.93. The average molecular weight is 336 g/mol. The Morgan fingerprint density at radius 3 is 2.64 bits per heavy atom. The van der Waals surface area contributed by atoms with Crippen LogP contribution < -0.4 is 9.64 Å². The number of phenolic OH excluding ortho intramolecular Hbond substituents is 1. The number of rotatable bonds is 3. The van der Waals surface area contributed by atoms with Gasteiger partial charge < -0.3 is 14.7 Å². The first kappa shape index (κ1) is 17.1. The number of aliphatic imine (C=N–C) groups is 1. The molecule has 0 amide bonds. The van der Waals surface area contributed by atoms with E-state index < -0.39 is 0 Å². The summed E-state index contributed by atoms with van der Waals surface area (Å²) in [6.45, 7) is 6.53. The number of ether oxygens (including phenoxy) is 1. The minimum atomic E-state index is -0.0424. The van der Waals surface area contributed by atoms with Gasteiger partial charge in [0.2, 0.25) is 0 Å². The molecule has 0 fully saturated rings. The Morgan fingerprint density at radius 1 is 1.20 bits per heavy atom. The summed E-state index contributed by atoms with van der Waals surface area (Å²) in [7, 11) is 3.77. The van der Waals surface area contributed by atoms with Gasteiger partial charge in [0.1, 0.15) is 11.5 Å². The lowest BCUT2D eigenvalue weighted by molar-refractivity contribution is 0.414. The molecular weight excluding hydrogens is 312 g/mol. The second kappa shape index (κ2) is 6.28. The average Bonchev–Trinajstić information content (AvgIpc) is 2.57. The number of benzene rings is 2. The Labute approximate surface area is 149 Å². The summed E-state index contributed by atoms with van der Waals surface area (Å²) in [6, 6.07) is 11.1. The van der Waals surface area contributed by atoms with Crippen LogP contribution in [0.15, 0.2) is 47.5 Å². The van der Waals surface area contributed by atoms with Gasteiger partial charge in [0.25, 0.3) is 0 Å². The van der Waals surface area contributed by atoms with E-state index in [1.165, 1.54) is 11.1 Å². The van der Waals surface area contributed by atoms with E-state index in [-0.39, 0.29) is 11.3 Å². The van der Waals surface area contributed by atoms with Crippen molar-refractivity contribution in [2.45, 2.75) is 26.3 Å². The molecule has 0 aromatic heterocycles. The Morgan fingerprint density at radius 2 is 1.96 bits per heavy atom. The van der Waals surface area contributed by atoms with Gasteiger partial charge in [0.05, 0.1) is 18.3 Å². The minimum Gasteiger partial charge on any atom is -0.508 e. The summed E-state index contributed by atoms with van der Waals surface area (Å²) in [5.74, 6) is 0.981. The fraction of sp³-hybridized carbons (Fsp3) is 0.286. The van der Waals surface area contributed by atoms with E-state index in [9.17, 15) is 5.11 Å². The highest BCUT2D eigenvalue weighted by molar-refractivity contribution is 5.91. The van der Waals surface area contributed by atoms with Crippen molar-refractivity contribution >= 4 is 23.2 Å². The first-order valence-electron chi connectivity index (χ1n) is 8.30. The summed E-state index contributed by atoms with van der Waals surface area (Å²) in [5.41, 5.74) is 5.14. The van der Waals surface area contributed by atoms with E-state index in [1.807, 2.05) is 6.07 Å². The van der Waals surface area contributed by atoms with Crippen molar-refractivity contribution in [3.63, 3.8) is 0 Å². The highest BCUT2D eigenvalue weighted by Gasteiger charge is 2.29. The summed E-state index contributed by atoms with van der Waals surface area (Å²) in [4.78, 5) is 6.73.